The van der Waals surface area contributed by atoms with Crippen LogP contribution in [0.1, 0.15) is 27.7 Å². The van der Waals surface area contributed by atoms with Crippen molar-refractivity contribution in [3.8, 4) is 5.75 Å². The molecule has 11 heteroatoms. The third-order valence-electron chi connectivity index (χ3n) is 5.69. The van der Waals surface area contributed by atoms with E-state index in [2.05, 4.69) is 11.7 Å². The van der Waals surface area contributed by atoms with Crippen molar-refractivity contribution in [1.82, 2.24) is 5.09 Å². The van der Waals surface area contributed by atoms with Gasteiger partial charge >= 0.3 is 25.1 Å². The van der Waals surface area contributed by atoms with E-state index in [1.165, 1.54) is 37.3 Å². The first-order valence-corrected chi connectivity index (χ1v) is 14.6. The van der Waals surface area contributed by atoms with Gasteiger partial charge in [-0.25, -0.2) is 9.88 Å². The Balaban J connectivity index is 1.62. The van der Waals surface area contributed by atoms with E-state index >= 15 is 8.78 Å². The fourth-order valence-electron chi connectivity index (χ4n) is 3.66. The molecule has 1 aromatic heterocycles. The van der Waals surface area contributed by atoms with Gasteiger partial charge in [0.25, 0.3) is 0 Å². The van der Waals surface area contributed by atoms with Crippen molar-refractivity contribution >= 4 is 40.9 Å². The quantitative estimate of drug-likeness (QED) is 0.106. The second-order valence-corrected chi connectivity index (χ2v) is 11.9. The zero-order valence-corrected chi connectivity index (χ0v) is 23.1. The molecule has 4 aromatic rings. The molecule has 4 rings (SSSR count). The maximum atomic E-state index is 16.1. The van der Waals surface area contributed by atoms with E-state index < -0.39 is 36.7 Å². The summed E-state index contributed by atoms with van der Waals surface area (Å²) < 4.78 is 62.5. The first kappa shape index (κ1) is 29.1. The summed E-state index contributed by atoms with van der Waals surface area (Å²) in [6, 6.07) is 20.0. The Bertz CT molecular complexity index is 1540. The SMILES string of the molecule is C=CCOC(=O)c1cc2cc(C(F)(F)P(=O)(NC(C)C(=O)OCc3ccccc3)Oc3ccccc3)ccc2s1. The zero-order valence-electron chi connectivity index (χ0n) is 21.4. The molecule has 0 amide bonds. The van der Waals surface area contributed by atoms with Gasteiger partial charge in [0.05, 0.1) is 0 Å². The molecule has 0 fully saturated rings. The lowest BCUT2D eigenvalue weighted by Gasteiger charge is -2.30. The molecular formula is C29H26F2NO6PS. The smallest absolute Gasteiger partial charge is 0.390 e. The van der Waals surface area contributed by atoms with E-state index in [0.717, 1.165) is 23.5 Å². The number of hydrogen-bond donors (Lipinski definition) is 1. The van der Waals surface area contributed by atoms with Crippen LogP contribution >= 0.6 is 18.9 Å². The van der Waals surface area contributed by atoms with E-state index in [1.54, 1.807) is 48.5 Å². The minimum atomic E-state index is -5.16. The number of carbonyl (C=O) groups is 2. The first-order chi connectivity index (χ1) is 19.1. The lowest BCUT2D eigenvalue weighted by atomic mass is 10.1. The molecular weight excluding hydrogens is 559 g/mol. The second kappa shape index (κ2) is 12.6. The number of thiophene rings is 1. The van der Waals surface area contributed by atoms with Crippen LogP contribution in [-0.2, 0) is 31.1 Å². The predicted octanol–water partition coefficient (Wildman–Crippen LogP) is 7.29. The minimum Gasteiger partial charge on any atom is -0.460 e. The summed E-state index contributed by atoms with van der Waals surface area (Å²) in [6.07, 6.45) is 1.42. The molecule has 0 aliphatic carbocycles. The number of alkyl halides is 2. The number of nitrogens with one attached hydrogen (secondary N) is 1. The number of esters is 2. The van der Waals surface area contributed by atoms with E-state index in [1.807, 2.05) is 0 Å². The van der Waals surface area contributed by atoms with Crippen LogP contribution in [0.2, 0.25) is 0 Å². The van der Waals surface area contributed by atoms with E-state index in [-0.39, 0.29) is 23.8 Å². The highest BCUT2D eigenvalue weighted by Gasteiger charge is 2.56. The third-order valence-corrected chi connectivity index (χ3v) is 8.97. The summed E-state index contributed by atoms with van der Waals surface area (Å²) in [5.41, 5.74) is -4.01. The molecule has 7 nitrogen and oxygen atoms in total. The second-order valence-electron chi connectivity index (χ2n) is 8.69. The summed E-state index contributed by atoms with van der Waals surface area (Å²) in [6.45, 7) is 4.68. The number of benzene rings is 3. The van der Waals surface area contributed by atoms with Gasteiger partial charge in [0.15, 0.2) is 0 Å². The fraction of sp³-hybridized carbons (Fsp3) is 0.172. The average Bonchev–Trinajstić information content (AvgIpc) is 3.39. The molecule has 40 heavy (non-hydrogen) atoms. The number of fused-ring (bicyclic) bond motifs is 1. The lowest BCUT2D eigenvalue weighted by Crippen LogP contribution is -2.38. The monoisotopic (exact) mass is 585 g/mol. The van der Waals surface area contributed by atoms with Gasteiger partial charge in [-0.05, 0) is 48.2 Å². The fourth-order valence-corrected chi connectivity index (χ4v) is 6.44. The molecule has 0 aliphatic heterocycles. The van der Waals surface area contributed by atoms with Crippen LogP contribution in [-0.4, -0.2) is 24.6 Å². The number of para-hydroxylation sites is 1. The Kier molecular flexibility index (Phi) is 9.14. The highest BCUT2D eigenvalue weighted by Crippen LogP contribution is 2.63. The van der Waals surface area contributed by atoms with Gasteiger partial charge in [0.2, 0.25) is 0 Å². The van der Waals surface area contributed by atoms with Crippen molar-refractivity contribution in [2.75, 3.05) is 6.61 Å². The standard InChI is InChI=1S/C29H26F2NO6PS/c1-3-16-36-28(34)26-18-22-17-23(14-15-25(22)40-26)29(30,31)39(35,38-24-12-8-5-9-13-24)32-20(2)27(33)37-19-21-10-6-4-7-11-21/h3-15,17-18,20H,1,16,19H2,2H3,(H,32,35). The van der Waals surface area contributed by atoms with E-state index in [0.29, 0.717) is 15.6 Å². The normalized spacial score (nSPS) is 13.7. The topological polar surface area (TPSA) is 90.9 Å². The van der Waals surface area contributed by atoms with Crippen molar-refractivity contribution in [2.24, 2.45) is 0 Å². The van der Waals surface area contributed by atoms with Gasteiger partial charge < -0.3 is 14.0 Å². The Morgan fingerprint density at radius 2 is 1.70 bits per heavy atom. The van der Waals surface area contributed by atoms with Crippen molar-refractivity contribution in [3.63, 3.8) is 0 Å². The van der Waals surface area contributed by atoms with Crippen LogP contribution in [0, 0.1) is 0 Å². The highest BCUT2D eigenvalue weighted by atomic mass is 32.1. The van der Waals surface area contributed by atoms with Gasteiger partial charge in [0, 0.05) is 10.3 Å². The molecule has 0 bridgehead atoms. The predicted molar refractivity (Wildman–Crippen MR) is 150 cm³/mol. The van der Waals surface area contributed by atoms with Gasteiger partial charge in [-0.3, -0.25) is 9.36 Å². The Morgan fingerprint density at radius 1 is 1.02 bits per heavy atom. The summed E-state index contributed by atoms with van der Waals surface area (Å²) >= 11 is 1.07. The molecule has 2 atom stereocenters. The Hall–Kier alpha value is -3.85. The van der Waals surface area contributed by atoms with Gasteiger partial charge in [-0.15, -0.1) is 11.3 Å². The molecule has 2 unspecified atom stereocenters. The van der Waals surface area contributed by atoms with Gasteiger partial charge in [0.1, 0.15) is 29.9 Å². The van der Waals surface area contributed by atoms with Crippen LogP contribution in [0.15, 0.2) is 97.6 Å². The molecule has 0 saturated carbocycles. The highest BCUT2D eigenvalue weighted by molar-refractivity contribution is 7.58. The summed E-state index contributed by atoms with van der Waals surface area (Å²) in [4.78, 5) is 25.1. The number of carbonyl (C=O) groups excluding carboxylic acids is 2. The molecule has 0 aliphatic rings. The largest absolute Gasteiger partial charge is 0.460 e. The lowest BCUT2D eigenvalue weighted by molar-refractivity contribution is -0.146. The van der Waals surface area contributed by atoms with Gasteiger partial charge in [-0.1, -0.05) is 67.3 Å². The molecule has 0 saturated heterocycles. The van der Waals surface area contributed by atoms with Gasteiger partial charge in [-0.2, -0.15) is 8.78 Å². The average molecular weight is 586 g/mol. The first-order valence-electron chi connectivity index (χ1n) is 12.2. The number of halogens is 2. The maximum Gasteiger partial charge on any atom is 0.390 e. The number of ether oxygens (including phenoxy) is 2. The van der Waals surface area contributed by atoms with Crippen molar-refractivity contribution in [3.05, 3.63) is 114 Å². The number of rotatable bonds is 12. The van der Waals surface area contributed by atoms with Crippen molar-refractivity contribution in [2.45, 2.75) is 25.2 Å². The number of hydrogen-bond acceptors (Lipinski definition) is 7. The zero-order chi connectivity index (χ0) is 28.8. The summed E-state index contributed by atoms with van der Waals surface area (Å²) in [7, 11) is -5.16. The van der Waals surface area contributed by atoms with Crippen LogP contribution in [0.4, 0.5) is 8.78 Å². The Morgan fingerprint density at radius 3 is 2.38 bits per heavy atom. The molecule has 1 N–H and O–H groups in total. The molecule has 208 valence electrons. The van der Waals surface area contributed by atoms with E-state index in [9.17, 15) is 14.2 Å². The minimum absolute atomic E-state index is 0.00798. The Labute approximate surface area is 233 Å². The van der Waals surface area contributed by atoms with Crippen molar-refractivity contribution < 1.29 is 36.9 Å². The third kappa shape index (κ3) is 6.65. The molecule has 0 radical (unpaired) electrons. The van der Waals surface area contributed by atoms with Crippen molar-refractivity contribution in [1.29, 1.82) is 0 Å². The summed E-state index contributed by atoms with van der Waals surface area (Å²) in [5, 5.41) is 2.57. The van der Waals surface area contributed by atoms with Crippen LogP contribution in [0.3, 0.4) is 0 Å². The molecule has 1 heterocycles. The van der Waals surface area contributed by atoms with Crippen LogP contribution < -0.4 is 9.61 Å². The summed E-state index contributed by atoms with van der Waals surface area (Å²) in [5.74, 6) is -1.57. The van der Waals surface area contributed by atoms with E-state index in [4.69, 9.17) is 14.0 Å². The van der Waals surface area contributed by atoms with Crippen LogP contribution in [0.5, 0.6) is 5.75 Å². The van der Waals surface area contributed by atoms with Crippen LogP contribution in [0.25, 0.3) is 10.1 Å². The molecule has 3 aromatic carbocycles. The maximum absolute atomic E-state index is 16.1. The molecule has 0 spiro atoms.